The summed E-state index contributed by atoms with van der Waals surface area (Å²) in [5.41, 5.74) is 0.465. The highest BCUT2D eigenvalue weighted by atomic mass is 16.6. The molecule has 0 aliphatic heterocycles. The average Bonchev–Trinajstić information content (AvgIpc) is 2.47. The number of nitrogens with zero attached hydrogens (tertiary/aromatic N) is 1. The van der Waals surface area contributed by atoms with E-state index in [1.807, 2.05) is 0 Å². The van der Waals surface area contributed by atoms with Crippen molar-refractivity contribution in [2.45, 2.75) is 6.42 Å². The molecule has 0 bridgehead atoms. The van der Waals surface area contributed by atoms with Gasteiger partial charge in [-0.25, -0.2) is 0 Å². The highest BCUT2D eigenvalue weighted by Crippen LogP contribution is 2.25. The summed E-state index contributed by atoms with van der Waals surface area (Å²) in [6.45, 7) is 1.28. The van der Waals surface area contributed by atoms with Crippen LogP contribution in [0.4, 0.5) is 11.4 Å². The molecule has 0 saturated heterocycles. The molecule has 8 nitrogen and oxygen atoms in total. The molecule has 116 valence electrons. The molecule has 0 spiro atoms. The summed E-state index contributed by atoms with van der Waals surface area (Å²) < 4.78 is 9.82. The van der Waals surface area contributed by atoms with Crippen molar-refractivity contribution in [3.63, 3.8) is 0 Å². The number of hydrogen-bond donors (Lipinski definition) is 2. The number of methoxy groups -OCH3 is 2. The van der Waals surface area contributed by atoms with Gasteiger partial charge in [-0.15, -0.1) is 0 Å². The number of nitrogens with one attached hydrogen (secondary N) is 2. The summed E-state index contributed by atoms with van der Waals surface area (Å²) in [6.07, 6.45) is 0.259. The number of nitro groups is 1. The highest BCUT2D eigenvalue weighted by molar-refractivity contribution is 5.76. The van der Waals surface area contributed by atoms with Crippen LogP contribution in [0.2, 0.25) is 0 Å². The Morgan fingerprint density at radius 2 is 2.05 bits per heavy atom. The van der Waals surface area contributed by atoms with Crippen molar-refractivity contribution in [3.8, 4) is 5.75 Å². The van der Waals surface area contributed by atoms with Gasteiger partial charge in [-0.05, 0) is 0 Å². The third-order valence-electron chi connectivity index (χ3n) is 2.65. The lowest BCUT2D eigenvalue weighted by Crippen LogP contribution is -2.28. The minimum Gasteiger partial charge on any atom is -0.496 e. The van der Waals surface area contributed by atoms with Gasteiger partial charge in [0.15, 0.2) is 0 Å². The van der Waals surface area contributed by atoms with Gasteiger partial charge in [-0.3, -0.25) is 14.9 Å². The van der Waals surface area contributed by atoms with Gasteiger partial charge in [0.25, 0.3) is 5.69 Å². The van der Waals surface area contributed by atoms with Crippen LogP contribution >= 0.6 is 0 Å². The Labute approximate surface area is 122 Å². The summed E-state index contributed by atoms with van der Waals surface area (Å²) in [7, 11) is 3.00. The minimum atomic E-state index is -0.495. The Morgan fingerprint density at radius 1 is 1.29 bits per heavy atom. The summed E-state index contributed by atoms with van der Waals surface area (Å²) in [6, 6.07) is 4.36. The van der Waals surface area contributed by atoms with Gasteiger partial charge in [0.05, 0.1) is 24.7 Å². The maximum Gasteiger partial charge on any atom is 0.275 e. The van der Waals surface area contributed by atoms with Crippen LogP contribution < -0.4 is 15.4 Å². The number of benzene rings is 1. The van der Waals surface area contributed by atoms with E-state index in [4.69, 9.17) is 9.47 Å². The second kappa shape index (κ2) is 8.75. The standard InChI is InChI=1S/C13H19N3O5/c1-20-6-5-15-13(17)3-4-14-10-7-11(16(18)19)9-12(8-10)21-2/h7-9,14H,3-6H2,1-2H3,(H,15,17). The summed E-state index contributed by atoms with van der Waals surface area (Å²) in [4.78, 5) is 21.8. The SMILES string of the molecule is COCCNC(=O)CCNc1cc(OC)cc([N+](=O)[O-])c1. The summed E-state index contributed by atoms with van der Waals surface area (Å²) in [5, 5.41) is 16.4. The summed E-state index contributed by atoms with van der Waals surface area (Å²) >= 11 is 0. The minimum absolute atomic E-state index is 0.0682. The van der Waals surface area contributed by atoms with E-state index in [9.17, 15) is 14.9 Å². The highest BCUT2D eigenvalue weighted by Gasteiger charge is 2.10. The first-order chi connectivity index (χ1) is 10.1. The molecule has 1 aromatic rings. The number of carbonyl (C=O) groups excluding carboxylic acids is 1. The van der Waals surface area contributed by atoms with Crippen LogP contribution in [0, 0.1) is 10.1 Å². The number of non-ortho nitro benzene ring substituents is 1. The second-order valence-corrected chi connectivity index (χ2v) is 4.20. The van der Waals surface area contributed by atoms with E-state index >= 15 is 0 Å². The number of nitro benzene ring substituents is 1. The van der Waals surface area contributed by atoms with E-state index in [2.05, 4.69) is 10.6 Å². The van der Waals surface area contributed by atoms with Crippen LogP contribution in [0.3, 0.4) is 0 Å². The van der Waals surface area contributed by atoms with Gasteiger partial charge >= 0.3 is 0 Å². The van der Waals surface area contributed by atoms with E-state index in [0.717, 1.165) is 0 Å². The third-order valence-corrected chi connectivity index (χ3v) is 2.65. The largest absolute Gasteiger partial charge is 0.496 e. The van der Waals surface area contributed by atoms with Crippen LogP contribution in [-0.2, 0) is 9.53 Å². The first-order valence-corrected chi connectivity index (χ1v) is 6.39. The van der Waals surface area contributed by atoms with E-state index in [0.29, 0.717) is 31.1 Å². The lowest BCUT2D eigenvalue weighted by molar-refractivity contribution is -0.384. The number of anilines is 1. The molecule has 0 aromatic heterocycles. The first-order valence-electron chi connectivity index (χ1n) is 6.39. The fraction of sp³-hybridized carbons (Fsp3) is 0.462. The van der Waals surface area contributed by atoms with Crippen molar-refractivity contribution < 1.29 is 19.2 Å². The zero-order chi connectivity index (χ0) is 15.7. The van der Waals surface area contributed by atoms with Crippen molar-refractivity contribution in [1.29, 1.82) is 0 Å². The number of rotatable bonds is 9. The van der Waals surface area contributed by atoms with Crippen molar-refractivity contribution in [1.82, 2.24) is 5.32 Å². The zero-order valence-electron chi connectivity index (χ0n) is 12.0. The molecule has 0 fully saturated rings. The number of amides is 1. The fourth-order valence-electron chi connectivity index (χ4n) is 1.61. The monoisotopic (exact) mass is 297 g/mol. The third kappa shape index (κ3) is 6.09. The predicted molar refractivity (Wildman–Crippen MR) is 77.6 cm³/mol. The quantitative estimate of drug-likeness (QED) is 0.403. The number of hydrogen-bond acceptors (Lipinski definition) is 6. The van der Waals surface area contributed by atoms with Crippen LogP contribution in [0.5, 0.6) is 5.75 Å². The van der Waals surface area contributed by atoms with Crippen LogP contribution in [-0.4, -0.2) is 44.7 Å². The molecular formula is C13H19N3O5. The average molecular weight is 297 g/mol. The zero-order valence-corrected chi connectivity index (χ0v) is 12.0. The van der Waals surface area contributed by atoms with Gasteiger partial charge in [0.2, 0.25) is 5.91 Å². The summed E-state index contributed by atoms with van der Waals surface area (Å²) in [5.74, 6) is 0.271. The number of carbonyl (C=O) groups is 1. The van der Waals surface area contributed by atoms with Crippen molar-refractivity contribution in [2.24, 2.45) is 0 Å². The van der Waals surface area contributed by atoms with E-state index < -0.39 is 4.92 Å². The van der Waals surface area contributed by atoms with Gasteiger partial charge in [-0.2, -0.15) is 0 Å². The van der Waals surface area contributed by atoms with Crippen molar-refractivity contribution >= 4 is 17.3 Å². The van der Waals surface area contributed by atoms with Crippen LogP contribution in [0.15, 0.2) is 18.2 Å². The molecule has 0 heterocycles. The molecule has 0 aliphatic carbocycles. The fourth-order valence-corrected chi connectivity index (χ4v) is 1.61. The molecule has 1 amide bonds. The Hall–Kier alpha value is -2.35. The lowest BCUT2D eigenvalue weighted by atomic mass is 10.2. The van der Waals surface area contributed by atoms with Crippen molar-refractivity contribution in [3.05, 3.63) is 28.3 Å². The molecule has 1 aromatic carbocycles. The van der Waals surface area contributed by atoms with Gasteiger partial charge in [0.1, 0.15) is 5.75 Å². The molecule has 2 N–H and O–H groups in total. The molecule has 8 heteroatoms. The van der Waals surface area contributed by atoms with Gasteiger partial charge in [0, 0.05) is 44.4 Å². The van der Waals surface area contributed by atoms with Crippen molar-refractivity contribution in [2.75, 3.05) is 39.2 Å². The van der Waals surface area contributed by atoms with Crippen LogP contribution in [0.25, 0.3) is 0 Å². The molecule has 0 radical (unpaired) electrons. The lowest BCUT2D eigenvalue weighted by Gasteiger charge is -2.08. The maximum absolute atomic E-state index is 11.5. The Bertz CT molecular complexity index is 493. The normalized spacial score (nSPS) is 10.0. The first kappa shape index (κ1) is 16.7. The van der Waals surface area contributed by atoms with Gasteiger partial charge in [-0.1, -0.05) is 0 Å². The number of ether oxygens (including phenoxy) is 2. The topological polar surface area (TPSA) is 103 Å². The molecule has 21 heavy (non-hydrogen) atoms. The molecule has 0 aliphatic rings. The molecule has 1 rings (SSSR count). The Morgan fingerprint density at radius 3 is 2.67 bits per heavy atom. The predicted octanol–water partition coefficient (Wildman–Crippen LogP) is 1.17. The smallest absolute Gasteiger partial charge is 0.275 e. The molecule has 0 saturated carbocycles. The van der Waals surface area contributed by atoms with E-state index in [1.54, 1.807) is 13.2 Å². The molecular weight excluding hydrogens is 278 g/mol. The van der Waals surface area contributed by atoms with Gasteiger partial charge < -0.3 is 20.1 Å². The molecule has 0 unspecified atom stereocenters. The Kier molecular flexibility index (Phi) is 6.96. The maximum atomic E-state index is 11.5. The van der Waals surface area contributed by atoms with E-state index in [-0.39, 0.29) is 18.0 Å². The van der Waals surface area contributed by atoms with Crippen LogP contribution in [0.1, 0.15) is 6.42 Å². The molecule has 0 atom stereocenters. The van der Waals surface area contributed by atoms with E-state index in [1.165, 1.54) is 19.2 Å². The Balaban J connectivity index is 2.49. The second-order valence-electron chi connectivity index (χ2n) is 4.20.